The Kier molecular flexibility index (Phi) is 3.62. The molecule has 0 spiro atoms. The van der Waals surface area contributed by atoms with Gasteiger partial charge in [-0.2, -0.15) is 0 Å². The number of ether oxygens (including phenoxy) is 5. The number of rotatable bonds is 3. The minimum absolute atomic E-state index is 0.00693. The van der Waals surface area contributed by atoms with Crippen LogP contribution >= 0.6 is 0 Å². The van der Waals surface area contributed by atoms with E-state index in [1.807, 2.05) is 0 Å². The zero-order valence-electron chi connectivity index (χ0n) is 13.2. The van der Waals surface area contributed by atoms with Crippen LogP contribution in [0.2, 0.25) is 0 Å². The molecule has 5 unspecified atom stereocenters. The molecular weight excluding hydrogens is 300 g/mol. The summed E-state index contributed by atoms with van der Waals surface area (Å²) in [5.41, 5.74) is 0. The quantitative estimate of drug-likeness (QED) is 0.577. The summed E-state index contributed by atoms with van der Waals surface area (Å²) in [6.45, 7) is 0.885. The molecule has 6 heteroatoms. The minimum atomic E-state index is -0.272. The maximum Gasteiger partial charge on any atom is 0.309 e. The fourth-order valence-corrected chi connectivity index (χ4v) is 4.56. The van der Waals surface area contributed by atoms with Crippen molar-refractivity contribution in [3.05, 3.63) is 0 Å². The Labute approximate surface area is 135 Å². The van der Waals surface area contributed by atoms with Crippen molar-refractivity contribution in [3.8, 4) is 0 Å². The molecule has 6 rings (SSSR count). The maximum atomic E-state index is 12.3. The van der Waals surface area contributed by atoms with Crippen LogP contribution in [0.25, 0.3) is 0 Å². The van der Waals surface area contributed by atoms with E-state index in [1.165, 1.54) is 0 Å². The number of hydrogen-bond donors (Lipinski definition) is 0. The van der Waals surface area contributed by atoms with Crippen LogP contribution in [-0.4, -0.2) is 56.0 Å². The monoisotopic (exact) mass is 324 g/mol. The predicted octanol–water partition coefficient (Wildman–Crippen LogP) is 1.41. The zero-order valence-corrected chi connectivity index (χ0v) is 13.2. The van der Waals surface area contributed by atoms with E-state index in [4.69, 9.17) is 23.7 Å². The van der Waals surface area contributed by atoms with Crippen LogP contribution in [0.3, 0.4) is 0 Å². The Hall–Kier alpha value is -0.690. The van der Waals surface area contributed by atoms with E-state index >= 15 is 0 Å². The van der Waals surface area contributed by atoms with Crippen molar-refractivity contribution >= 4 is 5.97 Å². The molecule has 6 aliphatic rings. The summed E-state index contributed by atoms with van der Waals surface area (Å²) in [4.78, 5) is 12.3. The van der Waals surface area contributed by atoms with Gasteiger partial charge in [-0.15, -0.1) is 0 Å². The van der Waals surface area contributed by atoms with Gasteiger partial charge in [0.2, 0.25) is 0 Å². The van der Waals surface area contributed by atoms with Crippen molar-refractivity contribution in [2.24, 2.45) is 11.8 Å². The number of hydrogen-bond acceptors (Lipinski definition) is 6. The lowest BCUT2D eigenvalue weighted by Gasteiger charge is -2.44. The lowest BCUT2D eigenvalue weighted by atomic mass is 9.81. The van der Waals surface area contributed by atoms with Gasteiger partial charge >= 0.3 is 5.97 Å². The minimum Gasteiger partial charge on any atom is -0.457 e. The first-order valence-corrected chi connectivity index (χ1v) is 8.99. The first-order valence-electron chi connectivity index (χ1n) is 8.99. The van der Waals surface area contributed by atoms with Gasteiger partial charge in [0, 0.05) is 5.92 Å². The van der Waals surface area contributed by atoms with Crippen LogP contribution in [0.5, 0.6) is 0 Å². The molecule has 0 aromatic rings. The molecule has 0 radical (unpaired) electrons. The molecule has 2 bridgehead atoms. The van der Waals surface area contributed by atoms with E-state index in [0.717, 1.165) is 38.5 Å². The van der Waals surface area contributed by atoms with E-state index in [9.17, 15) is 4.79 Å². The van der Waals surface area contributed by atoms with Crippen LogP contribution in [0.1, 0.15) is 38.5 Å². The summed E-state index contributed by atoms with van der Waals surface area (Å²) in [7, 11) is 0. The highest BCUT2D eigenvalue weighted by Crippen LogP contribution is 2.42. The normalized spacial score (nSPS) is 51.3. The van der Waals surface area contributed by atoms with Gasteiger partial charge in [0.25, 0.3) is 0 Å². The number of carbonyl (C=O) groups excluding carboxylic acids is 1. The van der Waals surface area contributed by atoms with Crippen molar-refractivity contribution in [1.29, 1.82) is 0 Å². The molecule has 2 saturated carbocycles. The maximum absolute atomic E-state index is 12.3. The van der Waals surface area contributed by atoms with Crippen LogP contribution in [0, 0.1) is 11.8 Å². The molecule has 0 N–H and O–H groups in total. The highest BCUT2D eigenvalue weighted by Gasteiger charge is 2.47. The Morgan fingerprint density at radius 3 is 2.30 bits per heavy atom. The molecule has 0 aromatic carbocycles. The predicted molar refractivity (Wildman–Crippen MR) is 77.6 cm³/mol. The topological polar surface area (TPSA) is 66.5 Å². The van der Waals surface area contributed by atoms with Gasteiger partial charge in [-0.25, -0.2) is 0 Å². The summed E-state index contributed by atoms with van der Waals surface area (Å²) in [6, 6.07) is 0. The van der Waals surface area contributed by atoms with Gasteiger partial charge < -0.3 is 23.7 Å². The van der Waals surface area contributed by atoms with Gasteiger partial charge in [0.15, 0.2) is 6.29 Å². The van der Waals surface area contributed by atoms with E-state index < -0.39 is 0 Å². The van der Waals surface area contributed by atoms with Crippen LogP contribution in [-0.2, 0) is 28.5 Å². The fraction of sp³-hybridized carbons (Fsp3) is 0.941. The standard InChI is InChI=1S/C17H24O6/c18-16(10-3-11-6-12(4-10)21-11)22-13-7-19-17(20-8-13)9-1-2-14-15(5-9)23-14/h9-15,17H,1-8H2. The van der Waals surface area contributed by atoms with Gasteiger partial charge in [0.1, 0.15) is 6.10 Å². The molecule has 6 fully saturated rings. The average molecular weight is 324 g/mol. The smallest absolute Gasteiger partial charge is 0.309 e. The molecule has 23 heavy (non-hydrogen) atoms. The summed E-state index contributed by atoms with van der Waals surface area (Å²) >= 11 is 0. The highest BCUT2D eigenvalue weighted by molar-refractivity contribution is 5.73. The van der Waals surface area contributed by atoms with Crippen LogP contribution < -0.4 is 0 Å². The number of esters is 1. The molecule has 4 saturated heterocycles. The Bertz CT molecular complexity index is 458. The lowest BCUT2D eigenvalue weighted by Crippen LogP contribution is -2.49. The molecule has 0 amide bonds. The average Bonchev–Trinajstić information content (AvgIpc) is 3.33. The number of fused-ring (bicyclic) bond motifs is 3. The largest absolute Gasteiger partial charge is 0.457 e. The first kappa shape index (κ1) is 14.6. The summed E-state index contributed by atoms with van der Waals surface area (Å²) in [6.07, 6.45) is 6.99. The van der Waals surface area contributed by atoms with Gasteiger partial charge in [-0.05, 0) is 38.5 Å². The second-order valence-corrected chi connectivity index (χ2v) is 7.66. The van der Waals surface area contributed by atoms with Crippen molar-refractivity contribution in [2.45, 2.75) is 75.3 Å². The van der Waals surface area contributed by atoms with E-state index in [-0.39, 0.29) is 36.5 Å². The second-order valence-electron chi connectivity index (χ2n) is 7.66. The lowest BCUT2D eigenvalue weighted by molar-refractivity contribution is -0.249. The molecule has 2 aliphatic carbocycles. The van der Waals surface area contributed by atoms with Gasteiger partial charge in [-0.3, -0.25) is 4.79 Å². The van der Waals surface area contributed by atoms with Crippen LogP contribution in [0.4, 0.5) is 0 Å². The van der Waals surface area contributed by atoms with E-state index in [0.29, 0.717) is 31.3 Å². The molecular formula is C17H24O6. The first-order chi connectivity index (χ1) is 11.2. The van der Waals surface area contributed by atoms with Crippen molar-refractivity contribution in [1.82, 2.24) is 0 Å². The second kappa shape index (κ2) is 5.69. The Morgan fingerprint density at radius 2 is 1.61 bits per heavy atom. The third-order valence-electron chi connectivity index (χ3n) is 5.94. The summed E-state index contributed by atoms with van der Waals surface area (Å²) in [5, 5.41) is 0. The van der Waals surface area contributed by atoms with Gasteiger partial charge in [-0.1, -0.05) is 0 Å². The molecule has 5 atom stereocenters. The molecule has 128 valence electrons. The number of carbonyl (C=O) groups is 1. The van der Waals surface area contributed by atoms with E-state index in [1.54, 1.807) is 0 Å². The van der Waals surface area contributed by atoms with Crippen molar-refractivity contribution in [3.63, 3.8) is 0 Å². The van der Waals surface area contributed by atoms with E-state index in [2.05, 4.69) is 0 Å². The van der Waals surface area contributed by atoms with Gasteiger partial charge in [0.05, 0.1) is 43.5 Å². The van der Waals surface area contributed by atoms with Crippen molar-refractivity contribution < 1.29 is 28.5 Å². The van der Waals surface area contributed by atoms with Crippen molar-refractivity contribution in [2.75, 3.05) is 13.2 Å². The SMILES string of the molecule is O=C(OC1COC(C2CCC3OC3C2)OC1)C1CC2CC(C1)O2. The number of epoxide rings is 1. The highest BCUT2D eigenvalue weighted by atomic mass is 16.7. The Morgan fingerprint density at radius 1 is 0.870 bits per heavy atom. The molecule has 4 aliphatic heterocycles. The third kappa shape index (κ3) is 2.90. The molecule has 4 heterocycles. The summed E-state index contributed by atoms with van der Waals surface area (Å²) in [5.74, 6) is 0.302. The Balaban J connectivity index is 1.08. The fourth-order valence-electron chi connectivity index (χ4n) is 4.56. The molecule has 0 aromatic heterocycles. The summed E-state index contributed by atoms with van der Waals surface area (Å²) < 4.78 is 28.4. The molecule has 6 nitrogen and oxygen atoms in total. The third-order valence-corrected chi connectivity index (χ3v) is 5.94. The zero-order chi connectivity index (χ0) is 15.4. The van der Waals surface area contributed by atoms with Crippen LogP contribution in [0.15, 0.2) is 0 Å².